The Morgan fingerprint density at radius 3 is 2.38 bits per heavy atom. The highest BCUT2D eigenvalue weighted by atomic mass is 35.5. The summed E-state index contributed by atoms with van der Waals surface area (Å²) in [6.45, 7) is 7.15. The average molecular weight is 547 g/mol. The van der Waals surface area contributed by atoms with Gasteiger partial charge in [0.05, 0.1) is 6.61 Å². The lowest BCUT2D eigenvalue weighted by Gasteiger charge is -2.60. The van der Waals surface area contributed by atoms with Crippen molar-refractivity contribution in [1.29, 1.82) is 0 Å². The van der Waals surface area contributed by atoms with Gasteiger partial charge >= 0.3 is 0 Å². The summed E-state index contributed by atoms with van der Waals surface area (Å²) in [6.07, 6.45) is 11.0. The molecule has 2 aromatic carbocycles. The third-order valence-electron chi connectivity index (χ3n) is 11.9. The van der Waals surface area contributed by atoms with E-state index in [1.54, 1.807) is 0 Å². The lowest BCUT2D eigenvalue weighted by atomic mass is 9.44. The van der Waals surface area contributed by atoms with Gasteiger partial charge in [-0.2, -0.15) is 0 Å². The highest BCUT2D eigenvalue weighted by Crippen LogP contribution is 2.70. The van der Waals surface area contributed by atoms with Gasteiger partial charge in [0.15, 0.2) is 5.79 Å². The first-order valence-electron chi connectivity index (χ1n) is 14.9. The van der Waals surface area contributed by atoms with Crippen LogP contribution in [0.4, 0.5) is 0 Å². The molecule has 4 aliphatic rings. The fourth-order valence-corrected chi connectivity index (χ4v) is 9.74. The van der Waals surface area contributed by atoms with Gasteiger partial charge in [-0.15, -0.1) is 0 Å². The topological polar surface area (TPSA) is 46.5 Å². The van der Waals surface area contributed by atoms with E-state index in [9.17, 15) is 9.90 Å². The zero-order valence-electron chi connectivity index (χ0n) is 23.7. The van der Waals surface area contributed by atoms with E-state index in [-0.39, 0.29) is 16.2 Å². The smallest absolute Gasteiger partial charge is 0.169 e. The maximum atomic E-state index is 13.5. The lowest BCUT2D eigenvalue weighted by Crippen LogP contribution is -2.55. The summed E-state index contributed by atoms with van der Waals surface area (Å²) in [5.41, 5.74) is 3.57. The molecule has 1 N–H and O–H groups in total. The van der Waals surface area contributed by atoms with Crippen molar-refractivity contribution in [2.45, 2.75) is 91.0 Å². The van der Waals surface area contributed by atoms with E-state index in [0.29, 0.717) is 48.0 Å². The molecule has 0 spiro atoms. The molecule has 208 valence electrons. The van der Waals surface area contributed by atoms with E-state index >= 15 is 0 Å². The van der Waals surface area contributed by atoms with Crippen LogP contribution in [0.2, 0.25) is 5.02 Å². The Balaban J connectivity index is 1.22. The van der Waals surface area contributed by atoms with Crippen molar-refractivity contribution in [3.8, 4) is 0 Å². The number of allylic oxidation sites excluding steroid dienone is 1. The number of Topliss-reactive ketones (excluding diaryl/α,β-unsaturated/α-hetero) is 1. The average Bonchev–Trinajstić information content (AvgIpc) is 3.23. The first kappa shape index (κ1) is 27.2. The molecule has 0 amide bonds. The Morgan fingerprint density at radius 2 is 1.67 bits per heavy atom. The maximum absolute atomic E-state index is 13.5. The summed E-state index contributed by atoms with van der Waals surface area (Å²) >= 11 is 6.03. The van der Waals surface area contributed by atoms with Crippen molar-refractivity contribution < 1.29 is 14.6 Å². The summed E-state index contributed by atoms with van der Waals surface area (Å²) in [5, 5.41) is 12.2. The van der Waals surface area contributed by atoms with Gasteiger partial charge in [-0.25, -0.2) is 0 Å². The Bertz CT molecular complexity index is 1250. The van der Waals surface area contributed by atoms with Crippen LogP contribution in [0.15, 0.2) is 66.2 Å². The molecule has 0 heterocycles. The molecule has 7 atom stereocenters. The molecule has 0 bridgehead atoms. The quantitative estimate of drug-likeness (QED) is 0.292. The zero-order chi connectivity index (χ0) is 27.5. The van der Waals surface area contributed by atoms with Gasteiger partial charge in [-0.3, -0.25) is 4.79 Å². The Kier molecular flexibility index (Phi) is 6.88. The number of benzene rings is 2. The molecule has 0 aromatic heterocycles. The van der Waals surface area contributed by atoms with Crippen LogP contribution in [0.5, 0.6) is 0 Å². The molecular formula is C35H43ClO3. The van der Waals surface area contributed by atoms with Crippen LogP contribution >= 0.6 is 11.6 Å². The molecule has 3 saturated carbocycles. The van der Waals surface area contributed by atoms with Crippen LogP contribution in [0.3, 0.4) is 0 Å². The Labute approximate surface area is 239 Å². The van der Waals surface area contributed by atoms with Crippen LogP contribution in [0, 0.1) is 34.0 Å². The Morgan fingerprint density at radius 1 is 0.949 bits per heavy atom. The first-order valence-corrected chi connectivity index (χ1v) is 15.3. The normalized spacial score (nSPS) is 39.3. The molecular weight excluding hydrogens is 504 g/mol. The number of halogens is 1. The first-order chi connectivity index (χ1) is 18.6. The van der Waals surface area contributed by atoms with Crippen LogP contribution in [-0.4, -0.2) is 16.7 Å². The number of carbonyl (C=O) groups excluding carboxylic acids is 1. The van der Waals surface area contributed by atoms with E-state index in [4.69, 9.17) is 16.3 Å². The van der Waals surface area contributed by atoms with Gasteiger partial charge in [-0.1, -0.05) is 79.6 Å². The molecule has 4 aliphatic carbocycles. The molecule has 39 heavy (non-hydrogen) atoms. The predicted octanol–water partition coefficient (Wildman–Crippen LogP) is 8.33. The Hall–Kier alpha value is -1.94. The van der Waals surface area contributed by atoms with Crippen LogP contribution in [-0.2, 0) is 22.6 Å². The number of rotatable bonds is 6. The van der Waals surface area contributed by atoms with Crippen LogP contribution in [0.25, 0.3) is 0 Å². The second kappa shape index (κ2) is 9.86. The van der Waals surface area contributed by atoms with Crippen molar-refractivity contribution in [3.05, 3.63) is 82.4 Å². The maximum Gasteiger partial charge on any atom is 0.169 e. The molecule has 2 aromatic rings. The standard InChI is InChI=1S/C35H43ClO3/c1-24(37)34(21-25-7-5-4-6-8-25)18-16-31-29-14-11-27-22-35(38,39-23-26-9-12-28(36)13-10-26)20-19-32(27,2)30(29)15-17-33(31,34)3/h4-13,29-31,38H,14-23H2,1-3H3/t29-,30+,31+,32+,33+,34+,35-/m1/s1. The van der Waals surface area contributed by atoms with Crippen molar-refractivity contribution in [2.24, 2.45) is 34.0 Å². The van der Waals surface area contributed by atoms with E-state index in [1.165, 1.54) is 17.6 Å². The largest absolute Gasteiger partial charge is 0.365 e. The summed E-state index contributed by atoms with van der Waals surface area (Å²) in [6, 6.07) is 18.3. The van der Waals surface area contributed by atoms with Gasteiger partial charge in [0.25, 0.3) is 0 Å². The third-order valence-corrected chi connectivity index (χ3v) is 12.2. The van der Waals surface area contributed by atoms with Gasteiger partial charge in [-0.05, 0) is 104 Å². The molecule has 0 radical (unpaired) electrons. The highest BCUT2D eigenvalue weighted by Gasteiger charge is 2.65. The van der Waals surface area contributed by atoms with Gasteiger partial charge in [0.1, 0.15) is 5.78 Å². The second-order valence-corrected chi connectivity index (χ2v) is 14.0. The predicted molar refractivity (Wildman–Crippen MR) is 156 cm³/mol. The molecule has 0 aliphatic heterocycles. The minimum atomic E-state index is -1.12. The molecule has 0 unspecified atom stereocenters. The lowest BCUT2D eigenvalue weighted by molar-refractivity contribution is -0.231. The molecule has 6 rings (SSSR count). The summed E-state index contributed by atoms with van der Waals surface area (Å²) < 4.78 is 6.16. The highest BCUT2D eigenvalue weighted by molar-refractivity contribution is 6.30. The van der Waals surface area contributed by atoms with Crippen molar-refractivity contribution in [2.75, 3.05) is 0 Å². The van der Waals surface area contributed by atoms with Gasteiger partial charge in [0.2, 0.25) is 0 Å². The number of ketones is 1. The van der Waals surface area contributed by atoms with Crippen LogP contribution < -0.4 is 0 Å². The van der Waals surface area contributed by atoms with Gasteiger partial charge < -0.3 is 9.84 Å². The fourth-order valence-electron chi connectivity index (χ4n) is 9.61. The number of hydrogen-bond acceptors (Lipinski definition) is 3. The molecule has 3 nitrogen and oxygen atoms in total. The number of fused-ring (bicyclic) bond motifs is 5. The molecule has 3 fully saturated rings. The molecule has 0 saturated heterocycles. The molecule has 4 heteroatoms. The summed E-state index contributed by atoms with van der Waals surface area (Å²) in [7, 11) is 0. The fraction of sp³-hybridized carbons (Fsp3) is 0.571. The van der Waals surface area contributed by atoms with Crippen molar-refractivity contribution >= 4 is 17.4 Å². The third kappa shape index (κ3) is 4.44. The number of hydrogen-bond donors (Lipinski definition) is 1. The van der Waals surface area contributed by atoms with E-state index in [2.05, 4.69) is 50.3 Å². The zero-order valence-corrected chi connectivity index (χ0v) is 24.5. The van der Waals surface area contributed by atoms with E-state index in [0.717, 1.165) is 44.1 Å². The minimum absolute atomic E-state index is 0.0363. The van der Waals surface area contributed by atoms with Crippen molar-refractivity contribution in [3.63, 3.8) is 0 Å². The monoisotopic (exact) mass is 546 g/mol. The number of carbonyl (C=O) groups is 1. The second-order valence-electron chi connectivity index (χ2n) is 13.6. The number of ether oxygens (including phenoxy) is 1. The number of aliphatic hydroxyl groups is 1. The minimum Gasteiger partial charge on any atom is -0.365 e. The van der Waals surface area contributed by atoms with Crippen molar-refractivity contribution in [1.82, 2.24) is 0 Å². The summed E-state index contributed by atoms with van der Waals surface area (Å²) in [4.78, 5) is 13.5. The van der Waals surface area contributed by atoms with Gasteiger partial charge in [0, 0.05) is 23.3 Å². The van der Waals surface area contributed by atoms with E-state index in [1.807, 2.05) is 31.2 Å². The van der Waals surface area contributed by atoms with E-state index < -0.39 is 5.79 Å². The van der Waals surface area contributed by atoms with Crippen LogP contribution in [0.1, 0.15) is 83.3 Å². The SMILES string of the molecule is CC(=O)[C@@]1(Cc2ccccc2)CC[C@H]2[C@@H]3CC=C4C[C@](O)(OCc5ccc(Cl)cc5)CC[C@]4(C)[C@H]3CC[C@@]21C. The summed E-state index contributed by atoms with van der Waals surface area (Å²) in [5.74, 6) is 1.05.